The van der Waals surface area contributed by atoms with Gasteiger partial charge in [-0.3, -0.25) is 0 Å². The van der Waals surface area contributed by atoms with E-state index >= 15 is 0 Å². The van der Waals surface area contributed by atoms with Crippen LogP contribution in [0.25, 0.3) is 0 Å². The number of hydrogen-bond donors (Lipinski definition) is 2. The summed E-state index contributed by atoms with van der Waals surface area (Å²) in [4.78, 5) is 0. The molecule has 0 fully saturated rings. The van der Waals surface area contributed by atoms with Crippen molar-refractivity contribution in [2.75, 3.05) is 5.32 Å². The fourth-order valence-corrected chi connectivity index (χ4v) is 0.942. The molecule has 0 heterocycles. The Bertz CT molecular complexity index is 321. The number of alkyl halides is 3. The first kappa shape index (κ1) is 11.0. The fraction of sp³-hybridized carbons (Fsp3) is 0.250. The molecule has 0 aliphatic rings. The quantitative estimate of drug-likeness (QED) is 0.775. The third-order valence-electron chi connectivity index (χ3n) is 1.47. The molecule has 2 N–H and O–H groups in total. The first-order chi connectivity index (χ1) is 6.50. The van der Waals surface area contributed by atoms with Gasteiger partial charge in [-0.2, -0.15) is 0 Å². The molecule has 0 aromatic heterocycles. The lowest BCUT2D eigenvalue weighted by atomic mass is 10.3. The van der Waals surface area contributed by atoms with Crippen LogP contribution in [0.4, 0.5) is 18.9 Å². The maximum absolute atomic E-state index is 12.5. The first-order valence-corrected chi connectivity index (χ1v) is 4.06. The smallest absolute Gasteiger partial charge is 0.287 e. The topological polar surface area (TPSA) is 32.3 Å². The van der Waals surface area contributed by atoms with E-state index in [2.05, 4.69) is 0 Å². The highest BCUT2D eigenvalue weighted by Gasteiger charge is 2.18. The lowest BCUT2D eigenvalue weighted by Crippen LogP contribution is -2.22. The Morgan fingerprint density at radius 1 is 1.29 bits per heavy atom. The molecule has 1 unspecified atom stereocenters. The van der Waals surface area contributed by atoms with Gasteiger partial charge in [0.1, 0.15) is 5.75 Å². The average Bonchev–Trinajstić information content (AvgIpc) is 2.11. The molecule has 0 saturated heterocycles. The van der Waals surface area contributed by atoms with Gasteiger partial charge in [0.2, 0.25) is 6.30 Å². The van der Waals surface area contributed by atoms with Gasteiger partial charge in [0.05, 0.1) is 5.02 Å². The summed E-state index contributed by atoms with van der Waals surface area (Å²) in [7, 11) is 0. The predicted octanol–water partition coefficient (Wildman–Crippen LogP) is 3.02. The molecule has 1 atom stereocenters. The van der Waals surface area contributed by atoms with Gasteiger partial charge in [-0.1, -0.05) is 11.6 Å². The molecule has 1 aromatic carbocycles. The lowest BCUT2D eigenvalue weighted by Gasteiger charge is -2.11. The van der Waals surface area contributed by atoms with E-state index in [0.29, 0.717) is 0 Å². The second-order valence-electron chi connectivity index (χ2n) is 2.55. The number of anilines is 1. The van der Waals surface area contributed by atoms with E-state index < -0.39 is 12.7 Å². The van der Waals surface area contributed by atoms with Crippen molar-refractivity contribution < 1.29 is 18.3 Å². The third kappa shape index (κ3) is 2.70. The maximum Gasteiger partial charge on any atom is 0.287 e. The van der Waals surface area contributed by atoms with E-state index in [9.17, 15) is 13.2 Å². The number of rotatable bonds is 3. The summed E-state index contributed by atoms with van der Waals surface area (Å²) in [6.07, 6.45) is -5.58. The Morgan fingerprint density at radius 2 is 1.93 bits per heavy atom. The van der Waals surface area contributed by atoms with Crippen molar-refractivity contribution in [1.82, 2.24) is 0 Å². The van der Waals surface area contributed by atoms with Crippen molar-refractivity contribution in [2.45, 2.75) is 12.7 Å². The van der Waals surface area contributed by atoms with Crippen LogP contribution in [0, 0.1) is 0 Å². The lowest BCUT2D eigenvalue weighted by molar-refractivity contribution is 0.0651. The highest BCUT2D eigenvalue weighted by Crippen LogP contribution is 2.26. The molecule has 78 valence electrons. The molecule has 0 saturated carbocycles. The van der Waals surface area contributed by atoms with Gasteiger partial charge >= 0.3 is 0 Å². The van der Waals surface area contributed by atoms with Gasteiger partial charge in [-0.25, -0.2) is 13.2 Å². The molecule has 1 aromatic rings. The van der Waals surface area contributed by atoms with Crippen LogP contribution in [-0.4, -0.2) is 17.8 Å². The van der Waals surface area contributed by atoms with Crippen LogP contribution in [0.15, 0.2) is 18.2 Å². The number of nitrogens with one attached hydrogen (secondary N) is 1. The second kappa shape index (κ2) is 4.41. The molecular formula is C8H7ClF3NO. The van der Waals surface area contributed by atoms with Gasteiger partial charge in [-0.15, -0.1) is 0 Å². The highest BCUT2D eigenvalue weighted by atomic mass is 35.5. The summed E-state index contributed by atoms with van der Waals surface area (Å²) < 4.78 is 36.0. The van der Waals surface area contributed by atoms with E-state index in [1.807, 2.05) is 5.32 Å². The van der Waals surface area contributed by atoms with Gasteiger partial charge in [-0.05, 0) is 12.1 Å². The third-order valence-corrected chi connectivity index (χ3v) is 1.79. The van der Waals surface area contributed by atoms with E-state index in [4.69, 9.17) is 16.7 Å². The molecular weight excluding hydrogens is 219 g/mol. The molecule has 0 bridgehead atoms. The van der Waals surface area contributed by atoms with Crippen LogP contribution in [-0.2, 0) is 0 Å². The molecule has 0 radical (unpaired) electrons. The minimum absolute atomic E-state index is 0.0414. The molecule has 0 aliphatic carbocycles. The largest absolute Gasteiger partial charge is 0.506 e. The summed E-state index contributed by atoms with van der Waals surface area (Å²) in [6.45, 7) is 0. The van der Waals surface area contributed by atoms with E-state index in [1.54, 1.807) is 0 Å². The number of halogens is 4. The van der Waals surface area contributed by atoms with Crippen LogP contribution in [0.3, 0.4) is 0 Å². The van der Waals surface area contributed by atoms with Crippen molar-refractivity contribution in [2.24, 2.45) is 0 Å². The van der Waals surface area contributed by atoms with Crippen molar-refractivity contribution in [1.29, 1.82) is 0 Å². The number of phenols is 1. The summed E-state index contributed by atoms with van der Waals surface area (Å²) in [6, 6.07) is 3.63. The zero-order valence-electron chi connectivity index (χ0n) is 6.85. The molecule has 2 nitrogen and oxygen atoms in total. The summed E-state index contributed by atoms with van der Waals surface area (Å²) in [5.74, 6) is -0.293. The summed E-state index contributed by atoms with van der Waals surface area (Å²) >= 11 is 5.46. The standard InChI is InChI=1S/C8H7ClF3NO/c9-5-2-1-4(3-6(5)14)13-8(12)7(10)11/h1-3,7-8,13-14H. The number of benzene rings is 1. The molecule has 1 rings (SSSR count). The van der Waals surface area contributed by atoms with Crippen LogP contribution < -0.4 is 5.32 Å². The van der Waals surface area contributed by atoms with Crippen molar-refractivity contribution in [3.05, 3.63) is 23.2 Å². The number of aromatic hydroxyl groups is 1. The Hall–Kier alpha value is -1.10. The molecule has 6 heteroatoms. The van der Waals surface area contributed by atoms with Gasteiger partial charge < -0.3 is 10.4 Å². The van der Waals surface area contributed by atoms with Gasteiger partial charge in [0.15, 0.2) is 0 Å². The highest BCUT2D eigenvalue weighted by molar-refractivity contribution is 6.32. The predicted molar refractivity (Wildman–Crippen MR) is 47.6 cm³/mol. The minimum Gasteiger partial charge on any atom is -0.506 e. The monoisotopic (exact) mass is 225 g/mol. The summed E-state index contributed by atoms with van der Waals surface area (Å²) in [5, 5.41) is 11.0. The molecule has 0 spiro atoms. The van der Waals surface area contributed by atoms with E-state index in [0.717, 1.165) is 6.07 Å². The van der Waals surface area contributed by atoms with Crippen molar-refractivity contribution in [3.63, 3.8) is 0 Å². The van der Waals surface area contributed by atoms with Gasteiger partial charge in [0, 0.05) is 11.8 Å². The normalized spacial score (nSPS) is 12.9. The maximum atomic E-state index is 12.5. The van der Waals surface area contributed by atoms with E-state index in [-0.39, 0.29) is 16.5 Å². The first-order valence-electron chi connectivity index (χ1n) is 3.68. The fourth-order valence-electron chi connectivity index (χ4n) is 0.825. The van der Waals surface area contributed by atoms with Crippen molar-refractivity contribution in [3.8, 4) is 5.75 Å². The minimum atomic E-state index is -3.12. The Balaban J connectivity index is 2.73. The Kier molecular flexibility index (Phi) is 3.46. The number of hydrogen-bond acceptors (Lipinski definition) is 2. The zero-order valence-corrected chi connectivity index (χ0v) is 7.60. The Labute approximate surface area is 83.3 Å². The average molecular weight is 226 g/mol. The SMILES string of the molecule is Oc1cc(NC(F)C(F)F)ccc1Cl. The molecule has 14 heavy (non-hydrogen) atoms. The number of phenolic OH excluding ortho intramolecular Hbond substituents is 1. The summed E-state index contributed by atoms with van der Waals surface area (Å²) in [5.41, 5.74) is 0.0414. The van der Waals surface area contributed by atoms with Crippen molar-refractivity contribution >= 4 is 17.3 Å². The second-order valence-corrected chi connectivity index (χ2v) is 2.95. The van der Waals surface area contributed by atoms with E-state index in [1.165, 1.54) is 12.1 Å². The van der Waals surface area contributed by atoms with Crippen LogP contribution in [0.2, 0.25) is 5.02 Å². The van der Waals surface area contributed by atoms with Crippen LogP contribution in [0.1, 0.15) is 0 Å². The zero-order chi connectivity index (χ0) is 10.7. The Morgan fingerprint density at radius 3 is 2.43 bits per heavy atom. The molecule has 0 amide bonds. The van der Waals surface area contributed by atoms with Crippen LogP contribution >= 0.6 is 11.6 Å². The molecule has 0 aliphatic heterocycles. The van der Waals surface area contributed by atoms with Crippen LogP contribution in [0.5, 0.6) is 5.75 Å². The van der Waals surface area contributed by atoms with Gasteiger partial charge in [0.25, 0.3) is 6.43 Å².